The molecule has 0 heterocycles. The van der Waals surface area contributed by atoms with Gasteiger partial charge in [-0.25, -0.2) is 4.39 Å². The quantitative estimate of drug-likeness (QED) is 0.730. The standard InChI is InChI=1S/C13H19FO/c1-9(2)8-15-13-7-11(10(3)4)5-6-12(13)14/h5-7,9-10H,8H2,1-4H3. The lowest BCUT2D eigenvalue weighted by Gasteiger charge is -2.12. The number of halogens is 1. The van der Waals surface area contributed by atoms with Crippen LogP contribution in [0.4, 0.5) is 4.39 Å². The first-order valence-corrected chi connectivity index (χ1v) is 5.43. The summed E-state index contributed by atoms with van der Waals surface area (Å²) in [6, 6.07) is 5.08. The first kappa shape index (κ1) is 12.0. The van der Waals surface area contributed by atoms with Gasteiger partial charge in [0, 0.05) is 0 Å². The molecule has 0 bridgehead atoms. The van der Waals surface area contributed by atoms with Crippen LogP contribution in [0.5, 0.6) is 5.75 Å². The third-order valence-corrected chi connectivity index (χ3v) is 2.19. The van der Waals surface area contributed by atoms with Gasteiger partial charge in [-0.05, 0) is 29.5 Å². The first-order valence-electron chi connectivity index (χ1n) is 5.43. The maximum atomic E-state index is 13.4. The van der Waals surface area contributed by atoms with Crippen LogP contribution in [-0.2, 0) is 0 Å². The van der Waals surface area contributed by atoms with Crippen LogP contribution < -0.4 is 4.74 Å². The molecule has 0 fully saturated rings. The van der Waals surface area contributed by atoms with Crippen molar-refractivity contribution in [2.75, 3.05) is 6.61 Å². The molecule has 0 unspecified atom stereocenters. The van der Waals surface area contributed by atoms with Gasteiger partial charge < -0.3 is 4.74 Å². The van der Waals surface area contributed by atoms with Gasteiger partial charge in [-0.2, -0.15) is 0 Å². The van der Waals surface area contributed by atoms with Crippen LogP contribution in [0.2, 0.25) is 0 Å². The van der Waals surface area contributed by atoms with Gasteiger partial charge in [-0.15, -0.1) is 0 Å². The highest BCUT2D eigenvalue weighted by atomic mass is 19.1. The van der Waals surface area contributed by atoms with Gasteiger partial charge in [0.25, 0.3) is 0 Å². The molecule has 0 saturated carbocycles. The second-order valence-electron chi connectivity index (χ2n) is 4.55. The Morgan fingerprint density at radius 3 is 2.40 bits per heavy atom. The topological polar surface area (TPSA) is 9.23 Å². The molecule has 1 nitrogen and oxygen atoms in total. The highest BCUT2D eigenvalue weighted by Gasteiger charge is 2.07. The number of ether oxygens (including phenoxy) is 1. The van der Waals surface area contributed by atoms with Crippen LogP contribution in [0.15, 0.2) is 18.2 Å². The van der Waals surface area contributed by atoms with Crippen molar-refractivity contribution in [2.24, 2.45) is 5.92 Å². The molecule has 15 heavy (non-hydrogen) atoms. The average molecular weight is 210 g/mol. The Kier molecular flexibility index (Phi) is 4.13. The average Bonchev–Trinajstić information content (AvgIpc) is 2.16. The predicted octanol–water partition coefficient (Wildman–Crippen LogP) is 3.98. The molecule has 0 atom stereocenters. The molecule has 0 aliphatic carbocycles. The van der Waals surface area contributed by atoms with Crippen molar-refractivity contribution in [1.82, 2.24) is 0 Å². The molecule has 84 valence electrons. The largest absolute Gasteiger partial charge is 0.490 e. The lowest BCUT2D eigenvalue weighted by molar-refractivity contribution is 0.259. The summed E-state index contributed by atoms with van der Waals surface area (Å²) >= 11 is 0. The molecule has 1 rings (SSSR count). The highest BCUT2D eigenvalue weighted by Crippen LogP contribution is 2.23. The van der Waals surface area contributed by atoms with Gasteiger partial charge in [0.05, 0.1) is 6.61 Å². The molecule has 0 aromatic heterocycles. The van der Waals surface area contributed by atoms with Crippen molar-refractivity contribution < 1.29 is 9.13 Å². The minimum atomic E-state index is -0.278. The summed E-state index contributed by atoms with van der Waals surface area (Å²) in [5, 5.41) is 0. The van der Waals surface area contributed by atoms with Crippen LogP contribution in [0, 0.1) is 11.7 Å². The van der Waals surface area contributed by atoms with Gasteiger partial charge in [0.2, 0.25) is 0 Å². The fourth-order valence-corrected chi connectivity index (χ4v) is 1.25. The first-order chi connectivity index (χ1) is 7.00. The van der Waals surface area contributed by atoms with Crippen LogP contribution in [0.25, 0.3) is 0 Å². The van der Waals surface area contributed by atoms with Crippen molar-refractivity contribution in [3.63, 3.8) is 0 Å². The van der Waals surface area contributed by atoms with Crippen molar-refractivity contribution in [3.8, 4) is 5.75 Å². The van der Waals surface area contributed by atoms with Gasteiger partial charge in [-0.3, -0.25) is 0 Å². The monoisotopic (exact) mass is 210 g/mol. The zero-order valence-electron chi connectivity index (χ0n) is 9.88. The normalized spacial score (nSPS) is 11.1. The van der Waals surface area contributed by atoms with Crippen molar-refractivity contribution >= 4 is 0 Å². The van der Waals surface area contributed by atoms with Crippen LogP contribution in [0.3, 0.4) is 0 Å². The Labute approximate surface area is 91.3 Å². The fraction of sp³-hybridized carbons (Fsp3) is 0.538. The van der Waals surface area contributed by atoms with E-state index >= 15 is 0 Å². The van der Waals surface area contributed by atoms with E-state index in [0.29, 0.717) is 24.2 Å². The molecular weight excluding hydrogens is 191 g/mol. The van der Waals surface area contributed by atoms with Crippen LogP contribution in [-0.4, -0.2) is 6.61 Å². The van der Waals surface area contributed by atoms with Gasteiger partial charge >= 0.3 is 0 Å². The van der Waals surface area contributed by atoms with Crippen molar-refractivity contribution in [2.45, 2.75) is 33.6 Å². The van der Waals surface area contributed by atoms with Crippen molar-refractivity contribution in [3.05, 3.63) is 29.6 Å². The SMILES string of the molecule is CC(C)COc1cc(C(C)C)ccc1F. The predicted molar refractivity (Wildman–Crippen MR) is 60.8 cm³/mol. The molecule has 0 aliphatic rings. The molecule has 0 saturated heterocycles. The van der Waals surface area contributed by atoms with Crippen LogP contribution >= 0.6 is 0 Å². The maximum absolute atomic E-state index is 13.4. The lowest BCUT2D eigenvalue weighted by Crippen LogP contribution is -2.06. The Morgan fingerprint density at radius 1 is 1.20 bits per heavy atom. The molecule has 2 heteroatoms. The van der Waals surface area contributed by atoms with E-state index in [9.17, 15) is 4.39 Å². The summed E-state index contributed by atoms with van der Waals surface area (Å²) in [5.41, 5.74) is 1.11. The second kappa shape index (κ2) is 5.15. The van der Waals surface area contributed by atoms with E-state index in [1.807, 2.05) is 19.9 Å². The number of hydrogen-bond donors (Lipinski definition) is 0. The molecule has 1 aromatic carbocycles. The Balaban J connectivity index is 2.81. The zero-order chi connectivity index (χ0) is 11.4. The summed E-state index contributed by atoms with van der Waals surface area (Å²) in [6.07, 6.45) is 0. The summed E-state index contributed by atoms with van der Waals surface area (Å²) in [7, 11) is 0. The molecule has 1 aromatic rings. The molecule has 0 radical (unpaired) electrons. The van der Waals surface area contributed by atoms with E-state index in [1.54, 1.807) is 6.07 Å². The fourth-order valence-electron chi connectivity index (χ4n) is 1.25. The van der Waals surface area contributed by atoms with E-state index in [2.05, 4.69) is 13.8 Å². The van der Waals surface area contributed by atoms with Crippen molar-refractivity contribution in [1.29, 1.82) is 0 Å². The number of hydrogen-bond acceptors (Lipinski definition) is 1. The minimum Gasteiger partial charge on any atom is -0.490 e. The van der Waals surface area contributed by atoms with Gasteiger partial charge in [-0.1, -0.05) is 33.8 Å². The van der Waals surface area contributed by atoms with E-state index in [4.69, 9.17) is 4.74 Å². The zero-order valence-corrected chi connectivity index (χ0v) is 9.88. The third-order valence-electron chi connectivity index (χ3n) is 2.19. The molecule has 0 aliphatic heterocycles. The lowest BCUT2D eigenvalue weighted by atomic mass is 10.0. The maximum Gasteiger partial charge on any atom is 0.165 e. The highest BCUT2D eigenvalue weighted by molar-refractivity contribution is 5.31. The number of rotatable bonds is 4. The number of benzene rings is 1. The van der Waals surface area contributed by atoms with Crippen LogP contribution in [0.1, 0.15) is 39.2 Å². The molecular formula is C13H19FO. The molecule has 0 N–H and O–H groups in total. The molecule has 0 spiro atoms. The van der Waals surface area contributed by atoms with E-state index < -0.39 is 0 Å². The van der Waals surface area contributed by atoms with Gasteiger partial charge in [0.1, 0.15) is 0 Å². The Morgan fingerprint density at radius 2 is 1.87 bits per heavy atom. The molecule has 0 amide bonds. The van der Waals surface area contributed by atoms with E-state index in [1.165, 1.54) is 6.07 Å². The minimum absolute atomic E-state index is 0.278. The van der Waals surface area contributed by atoms with Gasteiger partial charge in [0.15, 0.2) is 11.6 Å². The Bertz CT molecular complexity index is 318. The summed E-state index contributed by atoms with van der Waals surface area (Å²) in [4.78, 5) is 0. The van der Waals surface area contributed by atoms with E-state index in [0.717, 1.165) is 5.56 Å². The Hall–Kier alpha value is -1.05. The smallest absolute Gasteiger partial charge is 0.165 e. The summed E-state index contributed by atoms with van der Waals surface area (Å²) in [5.74, 6) is 0.897. The third kappa shape index (κ3) is 3.54. The summed E-state index contributed by atoms with van der Waals surface area (Å²) in [6.45, 7) is 8.81. The second-order valence-corrected chi connectivity index (χ2v) is 4.55. The van der Waals surface area contributed by atoms with E-state index in [-0.39, 0.29) is 5.82 Å². The summed E-state index contributed by atoms with van der Waals surface area (Å²) < 4.78 is 18.8.